The molecule has 35 heavy (non-hydrogen) atoms. The van der Waals surface area contributed by atoms with Crippen LogP contribution in [-0.4, -0.2) is 58.7 Å². The van der Waals surface area contributed by atoms with Crippen molar-refractivity contribution >= 4 is 40.9 Å². The van der Waals surface area contributed by atoms with Crippen molar-refractivity contribution in [2.45, 2.75) is 18.6 Å². The minimum atomic E-state index is -1.32. The van der Waals surface area contributed by atoms with Gasteiger partial charge in [-0.05, 0) is 42.5 Å². The van der Waals surface area contributed by atoms with Crippen molar-refractivity contribution in [1.29, 1.82) is 0 Å². The minimum Gasteiger partial charge on any atom is -0.476 e. The maximum Gasteiger partial charge on any atom is 0.358 e. The number of urea groups is 1. The number of oxazole rings is 1. The van der Waals surface area contributed by atoms with Crippen LogP contribution in [0.4, 0.5) is 20.6 Å². The van der Waals surface area contributed by atoms with Crippen molar-refractivity contribution in [2.24, 2.45) is 0 Å². The Kier molecular flexibility index (Phi) is 6.99. The number of carboxylic acids is 1. The molecule has 3 amide bonds. The van der Waals surface area contributed by atoms with E-state index in [2.05, 4.69) is 15.6 Å². The van der Waals surface area contributed by atoms with Crippen LogP contribution in [0.25, 0.3) is 11.3 Å². The van der Waals surface area contributed by atoms with Crippen LogP contribution in [0.3, 0.4) is 0 Å². The number of carboxylic acid groups (broad SMARTS) is 1. The lowest BCUT2D eigenvalue weighted by molar-refractivity contribution is -0.119. The Hall–Kier alpha value is -3.96. The van der Waals surface area contributed by atoms with E-state index in [4.69, 9.17) is 25.9 Å². The Balaban J connectivity index is 1.50. The van der Waals surface area contributed by atoms with Gasteiger partial charge >= 0.3 is 12.0 Å². The molecular formula is C23H20ClFN4O6. The second kappa shape index (κ2) is 10.1. The van der Waals surface area contributed by atoms with Gasteiger partial charge in [-0.15, -0.1) is 0 Å². The number of amides is 3. The first-order valence-corrected chi connectivity index (χ1v) is 10.8. The van der Waals surface area contributed by atoms with E-state index < -0.39 is 29.8 Å². The fraction of sp³-hybridized carbons (Fsp3) is 0.217. The summed E-state index contributed by atoms with van der Waals surface area (Å²) in [6.45, 7) is 0.166. The molecule has 2 aromatic carbocycles. The molecule has 3 N–H and O–H groups in total. The third-order valence-electron chi connectivity index (χ3n) is 5.51. The monoisotopic (exact) mass is 502 g/mol. The molecule has 1 aromatic heterocycles. The number of nitrogens with zero attached hydrogens (tertiary/aromatic N) is 2. The Morgan fingerprint density at radius 2 is 1.94 bits per heavy atom. The minimum absolute atomic E-state index is 0.113. The quantitative estimate of drug-likeness (QED) is 0.462. The van der Waals surface area contributed by atoms with Gasteiger partial charge in [0.05, 0.1) is 11.8 Å². The van der Waals surface area contributed by atoms with Crippen molar-refractivity contribution in [3.63, 3.8) is 0 Å². The van der Waals surface area contributed by atoms with Crippen molar-refractivity contribution in [1.82, 2.24) is 9.88 Å². The van der Waals surface area contributed by atoms with Crippen molar-refractivity contribution < 1.29 is 33.0 Å². The lowest BCUT2D eigenvalue weighted by Gasteiger charge is -2.24. The molecule has 0 aliphatic carbocycles. The van der Waals surface area contributed by atoms with Gasteiger partial charge in [0.1, 0.15) is 11.9 Å². The van der Waals surface area contributed by atoms with Crippen LogP contribution in [0.15, 0.2) is 53.3 Å². The first kappa shape index (κ1) is 24.2. The van der Waals surface area contributed by atoms with E-state index in [0.29, 0.717) is 10.7 Å². The zero-order chi connectivity index (χ0) is 25.1. The lowest BCUT2D eigenvalue weighted by atomic mass is 10.1. The summed E-state index contributed by atoms with van der Waals surface area (Å²) in [5.74, 6) is -2.86. The van der Waals surface area contributed by atoms with Gasteiger partial charge in [-0.25, -0.2) is 19.0 Å². The summed E-state index contributed by atoms with van der Waals surface area (Å²) in [6, 6.07) is 8.75. The standard InChI is InChI=1S/C23H20ClFN4O6/c1-34-15-9-18(29(10-15)23(33)27-14-5-3-13(24)4-6-14)21(30)28-17-7-2-12(8-16(17)25)20-19(22(31)32)26-11-35-20/h2-8,11,15,18H,9-10H2,1H3,(H,27,33)(H,28,30)(H,31,32). The van der Waals surface area contributed by atoms with Gasteiger partial charge in [0.2, 0.25) is 5.91 Å². The summed E-state index contributed by atoms with van der Waals surface area (Å²) in [7, 11) is 1.48. The van der Waals surface area contributed by atoms with Gasteiger partial charge in [0.15, 0.2) is 17.8 Å². The Morgan fingerprint density at radius 1 is 1.20 bits per heavy atom. The molecule has 3 aromatic rings. The van der Waals surface area contributed by atoms with Crippen LogP contribution in [0.2, 0.25) is 5.02 Å². The smallest absolute Gasteiger partial charge is 0.358 e. The predicted octanol–water partition coefficient (Wildman–Crippen LogP) is 4.09. The average Bonchev–Trinajstić information content (AvgIpc) is 3.49. The van der Waals surface area contributed by atoms with Gasteiger partial charge < -0.3 is 29.8 Å². The molecule has 182 valence electrons. The molecule has 1 fully saturated rings. The molecule has 10 nitrogen and oxygen atoms in total. The number of carbonyl (C=O) groups excluding carboxylic acids is 2. The van der Waals surface area contributed by atoms with E-state index in [1.165, 1.54) is 24.1 Å². The number of benzene rings is 2. The number of hydrogen-bond acceptors (Lipinski definition) is 6. The molecule has 0 spiro atoms. The Labute approximate surface area is 203 Å². The molecule has 0 bridgehead atoms. The number of rotatable bonds is 6. The Morgan fingerprint density at radius 3 is 2.60 bits per heavy atom. The van der Waals surface area contributed by atoms with E-state index in [9.17, 15) is 18.8 Å². The van der Waals surface area contributed by atoms with Gasteiger partial charge in [-0.3, -0.25) is 4.79 Å². The summed E-state index contributed by atoms with van der Waals surface area (Å²) >= 11 is 5.87. The van der Waals surface area contributed by atoms with Gasteiger partial charge in [-0.2, -0.15) is 0 Å². The molecular weight excluding hydrogens is 483 g/mol. The topological polar surface area (TPSA) is 134 Å². The van der Waals surface area contributed by atoms with Crippen LogP contribution in [-0.2, 0) is 9.53 Å². The molecule has 1 aliphatic heterocycles. The van der Waals surface area contributed by atoms with Gasteiger partial charge in [0, 0.05) is 36.3 Å². The number of ether oxygens (including phenoxy) is 1. The number of hydrogen-bond donors (Lipinski definition) is 3. The van der Waals surface area contributed by atoms with Crippen LogP contribution in [0.1, 0.15) is 16.9 Å². The molecule has 4 rings (SSSR count). The van der Waals surface area contributed by atoms with E-state index in [1.54, 1.807) is 24.3 Å². The number of aromatic carboxylic acids is 1. The largest absolute Gasteiger partial charge is 0.476 e. The van der Waals surface area contributed by atoms with E-state index in [1.807, 2.05) is 0 Å². The molecule has 1 aliphatic rings. The molecule has 12 heteroatoms. The number of methoxy groups -OCH3 is 1. The summed E-state index contributed by atoms with van der Waals surface area (Å²) in [6.07, 6.45) is 0.785. The van der Waals surface area contributed by atoms with Crippen LogP contribution in [0, 0.1) is 5.82 Å². The summed E-state index contributed by atoms with van der Waals surface area (Å²) in [4.78, 5) is 42.0. The normalized spacial score (nSPS) is 17.3. The van der Waals surface area contributed by atoms with Crippen molar-refractivity contribution in [2.75, 3.05) is 24.3 Å². The van der Waals surface area contributed by atoms with Crippen molar-refractivity contribution in [3.05, 3.63) is 65.4 Å². The molecule has 2 heterocycles. The number of likely N-dealkylation sites (tertiary alicyclic amines) is 1. The zero-order valence-electron chi connectivity index (χ0n) is 18.3. The SMILES string of the molecule is COC1CC(C(=O)Nc2ccc(-c3ocnc3C(=O)O)cc2F)N(C(=O)Nc2ccc(Cl)cc2)C1. The third kappa shape index (κ3) is 5.26. The first-order chi connectivity index (χ1) is 16.8. The highest BCUT2D eigenvalue weighted by Gasteiger charge is 2.40. The predicted molar refractivity (Wildman–Crippen MR) is 124 cm³/mol. The first-order valence-electron chi connectivity index (χ1n) is 10.4. The highest BCUT2D eigenvalue weighted by molar-refractivity contribution is 6.30. The molecule has 2 unspecified atom stereocenters. The van der Waals surface area contributed by atoms with Crippen LogP contribution < -0.4 is 10.6 Å². The van der Waals surface area contributed by atoms with Crippen molar-refractivity contribution in [3.8, 4) is 11.3 Å². The van der Waals surface area contributed by atoms with Crippen LogP contribution in [0.5, 0.6) is 0 Å². The van der Waals surface area contributed by atoms with E-state index in [-0.39, 0.29) is 41.8 Å². The number of aromatic nitrogens is 1. The molecule has 1 saturated heterocycles. The van der Waals surface area contributed by atoms with E-state index in [0.717, 1.165) is 12.5 Å². The summed E-state index contributed by atoms with van der Waals surface area (Å²) in [5, 5.41) is 14.9. The fourth-order valence-electron chi connectivity index (χ4n) is 3.75. The fourth-order valence-corrected chi connectivity index (χ4v) is 3.87. The summed E-state index contributed by atoms with van der Waals surface area (Å²) in [5.41, 5.74) is 0.128. The highest BCUT2D eigenvalue weighted by atomic mass is 35.5. The lowest BCUT2D eigenvalue weighted by Crippen LogP contribution is -2.45. The molecule has 0 radical (unpaired) electrons. The second-order valence-corrected chi connectivity index (χ2v) is 8.15. The summed E-state index contributed by atoms with van der Waals surface area (Å²) < 4.78 is 25.2. The highest BCUT2D eigenvalue weighted by Crippen LogP contribution is 2.28. The van der Waals surface area contributed by atoms with Crippen LogP contribution >= 0.6 is 11.6 Å². The number of halogens is 2. The molecule has 0 saturated carbocycles. The van der Waals surface area contributed by atoms with E-state index >= 15 is 0 Å². The van der Waals surface area contributed by atoms with Gasteiger partial charge in [-0.1, -0.05) is 11.6 Å². The maximum atomic E-state index is 14.8. The second-order valence-electron chi connectivity index (χ2n) is 7.72. The molecule has 2 atom stereocenters. The number of nitrogens with one attached hydrogen (secondary N) is 2. The number of anilines is 2. The maximum absolute atomic E-state index is 14.8. The number of carbonyl (C=O) groups is 3. The average molecular weight is 503 g/mol. The third-order valence-corrected chi connectivity index (χ3v) is 5.77. The Bertz CT molecular complexity index is 1270. The van der Waals surface area contributed by atoms with Gasteiger partial charge in [0.25, 0.3) is 0 Å². The zero-order valence-corrected chi connectivity index (χ0v) is 19.1.